The van der Waals surface area contributed by atoms with E-state index in [2.05, 4.69) is 17.2 Å². The Morgan fingerprint density at radius 3 is 2.75 bits per heavy atom. The molecule has 1 aromatic carbocycles. The molecular weight excluding hydrogens is 220 g/mol. The Balaban J connectivity index is 1.90. The minimum Gasteiger partial charge on any atom is -0.508 e. The van der Waals surface area contributed by atoms with E-state index in [4.69, 9.17) is 5.11 Å². The smallest absolute Gasteiger partial charge is 0.115 e. The van der Waals surface area contributed by atoms with E-state index < -0.39 is 0 Å². The Morgan fingerprint density at radius 2 is 2.12 bits per heavy atom. The Bertz CT molecular complexity index is 425. The van der Waals surface area contributed by atoms with Gasteiger partial charge in [-0.3, -0.25) is 0 Å². The van der Waals surface area contributed by atoms with Crippen LogP contribution in [0.25, 0.3) is 0 Å². The molecule has 2 rings (SSSR count). The normalized spacial score (nSPS) is 12.6. The van der Waals surface area contributed by atoms with Gasteiger partial charge in [-0.1, -0.05) is 12.1 Å². The van der Waals surface area contributed by atoms with E-state index in [9.17, 15) is 0 Å². The van der Waals surface area contributed by atoms with Crippen molar-refractivity contribution in [3.8, 4) is 5.75 Å². The molecule has 0 aliphatic rings. The first-order chi connectivity index (χ1) is 7.75. The number of benzene rings is 1. The Kier molecular flexibility index (Phi) is 3.54. The average molecular weight is 234 g/mol. The van der Waals surface area contributed by atoms with Gasteiger partial charge in [-0.05, 0) is 24.6 Å². The predicted octanol–water partition coefficient (Wildman–Crippen LogP) is 2.70. The highest BCUT2D eigenvalue weighted by Crippen LogP contribution is 2.16. The summed E-state index contributed by atoms with van der Waals surface area (Å²) in [7, 11) is 0. The highest BCUT2D eigenvalue weighted by molar-refractivity contribution is 7.09. The summed E-state index contributed by atoms with van der Waals surface area (Å²) >= 11 is 1.66. The number of hydrogen-bond donors (Lipinski definition) is 2. The molecule has 1 aromatic heterocycles. The second kappa shape index (κ2) is 5.09. The van der Waals surface area contributed by atoms with Crippen molar-refractivity contribution in [1.29, 1.82) is 0 Å². The van der Waals surface area contributed by atoms with E-state index in [1.54, 1.807) is 23.5 Å². The van der Waals surface area contributed by atoms with Gasteiger partial charge < -0.3 is 10.4 Å². The first kappa shape index (κ1) is 11.1. The van der Waals surface area contributed by atoms with Crippen LogP contribution in [-0.2, 0) is 6.54 Å². The summed E-state index contributed by atoms with van der Waals surface area (Å²) in [6.07, 6.45) is 1.82. The monoisotopic (exact) mass is 234 g/mol. The molecule has 4 heteroatoms. The van der Waals surface area contributed by atoms with Crippen LogP contribution in [0.15, 0.2) is 35.8 Å². The molecule has 1 unspecified atom stereocenters. The zero-order valence-electron chi connectivity index (χ0n) is 9.05. The number of phenols is 1. The van der Waals surface area contributed by atoms with Crippen LogP contribution < -0.4 is 5.32 Å². The summed E-state index contributed by atoms with van der Waals surface area (Å²) < 4.78 is 0. The molecule has 0 aliphatic carbocycles. The van der Waals surface area contributed by atoms with Gasteiger partial charge >= 0.3 is 0 Å². The maximum absolute atomic E-state index is 9.16. The summed E-state index contributed by atoms with van der Waals surface area (Å²) in [5, 5.41) is 15.6. The second-order valence-electron chi connectivity index (χ2n) is 3.64. The molecule has 3 nitrogen and oxygen atoms in total. The van der Waals surface area contributed by atoms with Crippen molar-refractivity contribution in [2.24, 2.45) is 0 Å². The Morgan fingerprint density at radius 1 is 1.38 bits per heavy atom. The highest BCUT2D eigenvalue weighted by Gasteiger charge is 2.06. The van der Waals surface area contributed by atoms with Crippen molar-refractivity contribution in [3.05, 3.63) is 46.4 Å². The van der Waals surface area contributed by atoms with E-state index in [0.29, 0.717) is 5.75 Å². The van der Waals surface area contributed by atoms with Crippen molar-refractivity contribution < 1.29 is 5.11 Å². The van der Waals surface area contributed by atoms with Gasteiger partial charge in [0.1, 0.15) is 10.8 Å². The molecule has 84 valence electrons. The fourth-order valence-electron chi connectivity index (χ4n) is 1.42. The summed E-state index contributed by atoms with van der Waals surface area (Å²) in [5.41, 5.74) is 1.15. The van der Waals surface area contributed by atoms with Gasteiger partial charge in [-0.2, -0.15) is 0 Å². The van der Waals surface area contributed by atoms with Crippen molar-refractivity contribution in [2.45, 2.75) is 19.5 Å². The van der Waals surface area contributed by atoms with Crippen LogP contribution in [0, 0.1) is 0 Å². The summed E-state index contributed by atoms with van der Waals surface area (Å²) in [6.45, 7) is 2.88. The average Bonchev–Trinajstić information content (AvgIpc) is 2.81. The molecule has 0 bridgehead atoms. The maximum Gasteiger partial charge on any atom is 0.115 e. The van der Waals surface area contributed by atoms with Crippen LogP contribution in [-0.4, -0.2) is 10.1 Å². The zero-order valence-corrected chi connectivity index (χ0v) is 9.87. The summed E-state index contributed by atoms with van der Waals surface area (Å²) in [6, 6.07) is 7.48. The lowest BCUT2D eigenvalue weighted by atomic mass is 10.2. The number of aromatic hydroxyl groups is 1. The molecule has 0 amide bonds. The third kappa shape index (κ3) is 2.81. The number of aromatic nitrogens is 1. The zero-order chi connectivity index (χ0) is 11.4. The molecule has 0 radical (unpaired) electrons. The number of hydrogen-bond acceptors (Lipinski definition) is 4. The van der Waals surface area contributed by atoms with E-state index in [-0.39, 0.29) is 6.04 Å². The molecule has 1 atom stereocenters. The van der Waals surface area contributed by atoms with Crippen LogP contribution in [0.1, 0.15) is 23.5 Å². The van der Waals surface area contributed by atoms with E-state index in [1.165, 1.54) is 0 Å². The van der Waals surface area contributed by atoms with Gasteiger partial charge in [0.2, 0.25) is 0 Å². The SMILES string of the molecule is CC(NCc1ccc(O)cc1)c1nccs1. The Labute approximate surface area is 98.8 Å². The second-order valence-corrected chi connectivity index (χ2v) is 4.57. The van der Waals surface area contributed by atoms with E-state index in [0.717, 1.165) is 17.1 Å². The molecular formula is C12H14N2OS. The van der Waals surface area contributed by atoms with Crippen LogP contribution in [0.3, 0.4) is 0 Å². The molecule has 1 heterocycles. The topological polar surface area (TPSA) is 45.1 Å². The molecule has 0 saturated carbocycles. The predicted molar refractivity (Wildman–Crippen MR) is 65.5 cm³/mol. The highest BCUT2D eigenvalue weighted by atomic mass is 32.1. The lowest BCUT2D eigenvalue weighted by molar-refractivity contribution is 0.474. The molecule has 0 saturated heterocycles. The molecule has 2 aromatic rings. The van der Waals surface area contributed by atoms with Gasteiger partial charge in [0.15, 0.2) is 0 Å². The van der Waals surface area contributed by atoms with Crippen LogP contribution in [0.4, 0.5) is 0 Å². The standard InChI is InChI=1S/C12H14N2OS/c1-9(12-13-6-7-16-12)14-8-10-2-4-11(15)5-3-10/h2-7,9,14-15H,8H2,1H3. The fraction of sp³-hybridized carbons (Fsp3) is 0.250. The minimum absolute atomic E-state index is 0.258. The first-order valence-electron chi connectivity index (χ1n) is 5.16. The number of phenolic OH excluding ortho intramolecular Hbond substituents is 1. The molecule has 2 N–H and O–H groups in total. The third-order valence-electron chi connectivity index (χ3n) is 2.37. The van der Waals surface area contributed by atoms with Crippen molar-refractivity contribution in [3.63, 3.8) is 0 Å². The van der Waals surface area contributed by atoms with E-state index in [1.807, 2.05) is 23.7 Å². The number of thiazole rings is 1. The Hall–Kier alpha value is -1.39. The molecule has 16 heavy (non-hydrogen) atoms. The summed E-state index contributed by atoms with van der Waals surface area (Å²) in [5.74, 6) is 0.303. The molecule has 0 aliphatic heterocycles. The van der Waals surface area contributed by atoms with Gasteiger partial charge in [-0.15, -0.1) is 11.3 Å². The van der Waals surface area contributed by atoms with Gasteiger partial charge in [0.05, 0.1) is 6.04 Å². The van der Waals surface area contributed by atoms with Gasteiger partial charge in [0.25, 0.3) is 0 Å². The lowest BCUT2D eigenvalue weighted by Crippen LogP contribution is -2.17. The van der Waals surface area contributed by atoms with Crippen LogP contribution in [0.2, 0.25) is 0 Å². The van der Waals surface area contributed by atoms with Crippen molar-refractivity contribution >= 4 is 11.3 Å². The van der Waals surface area contributed by atoms with Gasteiger partial charge in [-0.25, -0.2) is 4.98 Å². The van der Waals surface area contributed by atoms with Gasteiger partial charge in [0, 0.05) is 18.1 Å². The van der Waals surface area contributed by atoms with Crippen LogP contribution >= 0.6 is 11.3 Å². The van der Waals surface area contributed by atoms with Crippen molar-refractivity contribution in [2.75, 3.05) is 0 Å². The quantitative estimate of drug-likeness (QED) is 0.855. The largest absolute Gasteiger partial charge is 0.508 e. The number of nitrogens with zero attached hydrogens (tertiary/aromatic N) is 1. The maximum atomic E-state index is 9.16. The summed E-state index contributed by atoms with van der Waals surface area (Å²) in [4.78, 5) is 4.26. The van der Waals surface area contributed by atoms with E-state index >= 15 is 0 Å². The third-order valence-corrected chi connectivity index (χ3v) is 3.33. The molecule has 0 fully saturated rings. The molecule has 0 spiro atoms. The van der Waals surface area contributed by atoms with Crippen molar-refractivity contribution in [1.82, 2.24) is 10.3 Å². The lowest BCUT2D eigenvalue weighted by Gasteiger charge is -2.10. The minimum atomic E-state index is 0.258. The number of rotatable bonds is 4. The van der Waals surface area contributed by atoms with Crippen LogP contribution in [0.5, 0.6) is 5.75 Å². The fourth-order valence-corrected chi connectivity index (χ4v) is 2.09. The first-order valence-corrected chi connectivity index (χ1v) is 6.04. The number of nitrogens with one attached hydrogen (secondary N) is 1.